The minimum Gasteiger partial charge on any atom is -0.508 e. The van der Waals surface area contributed by atoms with Crippen LogP contribution < -0.4 is 10.6 Å². The van der Waals surface area contributed by atoms with E-state index in [2.05, 4.69) is 17.6 Å². The Kier molecular flexibility index (Phi) is 4.76. The van der Waals surface area contributed by atoms with Gasteiger partial charge in [-0.25, -0.2) is 0 Å². The molecule has 6 nitrogen and oxygen atoms in total. The number of aromatic hydroxyl groups is 1. The molecule has 1 aromatic rings. The van der Waals surface area contributed by atoms with Crippen molar-refractivity contribution >= 4 is 11.8 Å². The maximum Gasteiger partial charge on any atom is 0.309 e. The third kappa shape index (κ3) is 3.87. The van der Waals surface area contributed by atoms with Gasteiger partial charge in [0.25, 0.3) is 0 Å². The Morgan fingerprint density at radius 3 is 2.75 bits per heavy atom. The first-order valence-corrected chi connectivity index (χ1v) is 8.44. The number of phenolic OH excluding ortho intramolecular Hbond substituents is 1. The SMILES string of the molecule is CC1CC2(CO1)CC(NC(=O)C(=O)NCCc1cccc(O)c1)C2. The van der Waals surface area contributed by atoms with E-state index in [-0.39, 0.29) is 17.2 Å². The van der Waals surface area contributed by atoms with Gasteiger partial charge in [-0.1, -0.05) is 12.1 Å². The molecule has 3 rings (SSSR count). The fourth-order valence-corrected chi connectivity index (χ4v) is 3.78. The van der Waals surface area contributed by atoms with Crippen molar-refractivity contribution in [2.24, 2.45) is 5.41 Å². The number of carbonyl (C=O) groups is 2. The van der Waals surface area contributed by atoms with Crippen LogP contribution in [-0.4, -0.2) is 42.2 Å². The van der Waals surface area contributed by atoms with E-state index >= 15 is 0 Å². The number of rotatable bonds is 4. The van der Waals surface area contributed by atoms with Crippen LogP contribution in [0.2, 0.25) is 0 Å². The molecule has 3 N–H and O–H groups in total. The summed E-state index contributed by atoms with van der Waals surface area (Å²) in [6, 6.07) is 6.92. The Morgan fingerprint density at radius 2 is 2.08 bits per heavy atom. The number of phenols is 1. The Morgan fingerprint density at radius 1 is 1.29 bits per heavy atom. The van der Waals surface area contributed by atoms with Gasteiger partial charge in [0.2, 0.25) is 0 Å². The zero-order valence-corrected chi connectivity index (χ0v) is 13.9. The van der Waals surface area contributed by atoms with Crippen molar-refractivity contribution in [3.05, 3.63) is 29.8 Å². The molecule has 1 saturated heterocycles. The molecule has 6 heteroatoms. The number of amides is 2. The molecule has 24 heavy (non-hydrogen) atoms. The number of ether oxygens (including phenoxy) is 1. The lowest BCUT2D eigenvalue weighted by Crippen LogP contribution is -2.54. The van der Waals surface area contributed by atoms with E-state index in [1.54, 1.807) is 18.2 Å². The fourth-order valence-electron chi connectivity index (χ4n) is 3.78. The summed E-state index contributed by atoms with van der Waals surface area (Å²) in [5.74, 6) is -0.981. The molecule has 130 valence electrons. The van der Waals surface area contributed by atoms with Gasteiger partial charge in [-0.3, -0.25) is 9.59 Å². The zero-order chi connectivity index (χ0) is 17.2. The summed E-state index contributed by atoms with van der Waals surface area (Å²) in [7, 11) is 0. The molecule has 1 spiro atoms. The van der Waals surface area contributed by atoms with Gasteiger partial charge in [0.1, 0.15) is 5.75 Å². The van der Waals surface area contributed by atoms with Crippen LogP contribution >= 0.6 is 0 Å². The number of hydrogen-bond donors (Lipinski definition) is 3. The van der Waals surface area contributed by atoms with Crippen LogP contribution in [0, 0.1) is 5.41 Å². The summed E-state index contributed by atoms with van der Waals surface area (Å²) in [6.07, 6.45) is 3.67. The van der Waals surface area contributed by atoms with Crippen LogP contribution in [0.4, 0.5) is 0 Å². The second kappa shape index (κ2) is 6.81. The van der Waals surface area contributed by atoms with Gasteiger partial charge in [-0.05, 0) is 50.3 Å². The normalized spacial score (nSPS) is 28.4. The van der Waals surface area contributed by atoms with Gasteiger partial charge in [-0.2, -0.15) is 0 Å². The quantitative estimate of drug-likeness (QED) is 0.721. The summed E-state index contributed by atoms with van der Waals surface area (Å²) in [5, 5.41) is 14.8. The third-order valence-corrected chi connectivity index (χ3v) is 4.90. The average molecular weight is 332 g/mol. The zero-order valence-electron chi connectivity index (χ0n) is 13.9. The van der Waals surface area contributed by atoms with Crippen molar-refractivity contribution in [2.45, 2.75) is 44.8 Å². The van der Waals surface area contributed by atoms with Gasteiger partial charge in [0.15, 0.2) is 0 Å². The van der Waals surface area contributed by atoms with Crippen molar-refractivity contribution in [1.29, 1.82) is 0 Å². The van der Waals surface area contributed by atoms with Crippen molar-refractivity contribution < 1.29 is 19.4 Å². The molecule has 0 radical (unpaired) electrons. The largest absolute Gasteiger partial charge is 0.508 e. The standard InChI is InChI=1S/C18H24N2O4/c1-12-8-18(11-24-12)9-14(10-18)20-17(23)16(22)19-6-5-13-3-2-4-15(21)7-13/h2-4,7,12,14,21H,5-6,8-11H2,1H3,(H,19,22)(H,20,23). The molecule has 2 amide bonds. The Bertz CT molecular complexity index is 625. The molecule has 0 aromatic heterocycles. The Labute approximate surface area is 141 Å². The summed E-state index contributed by atoms with van der Waals surface area (Å²) < 4.78 is 5.61. The predicted octanol–water partition coefficient (Wildman–Crippen LogP) is 1.12. The first kappa shape index (κ1) is 16.8. The first-order valence-electron chi connectivity index (χ1n) is 8.44. The molecular formula is C18H24N2O4. The van der Waals surface area contributed by atoms with Gasteiger partial charge in [0, 0.05) is 18.0 Å². The van der Waals surface area contributed by atoms with Crippen LogP contribution in [-0.2, 0) is 20.7 Å². The van der Waals surface area contributed by atoms with Crippen molar-refractivity contribution in [2.75, 3.05) is 13.2 Å². The lowest BCUT2D eigenvalue weighted by molar-refractivity contribution is -0.140. The van der Waals surface area contributed by atoms with Crippen LogP contribution in [0.15, 0.2) is 24.3 Å². The molecule has 1 heterocycles. The smallest absolute Gasteiger partial charge is 0.309 e. The second-order valence-electron chi connectivity index (χ2n) is 7.08. The minimum atomic E-state index is -0.604. The fraction of sp³-hybridized carbons (Fsp3) is 0.556. The molecule has 1 unspecified atom stereocenters. The Hall–Kier alpha value is -2.08. The molecule has 1 aliphatic carbocycles. The summed E-state index contributed by atoms with van der Waals surface area (Å²) in [5.41, 5.74) is 1.12. The number of nitrogens with one attached hydrogen (secondary N) is 2. The highest BCUT2D eigenvalue weighted by Gasteiger charge is 2.49. The summed E-state index contributed by atoms with van der Waals surface area (Å²) in [6.45, 7) is 3.19. The minimum absolute atomic E-state index is 0.0724. The van der Waals surface area contributed by atoms with E-state index in [0.717, 1.165) is 31.4 Å². The second-order valence-corrected chi connectivity index (χ2v) is 7.08. The van der Waals surface area contributed by atoms with Gasteiger partial charge < -0.3 is 20.5 Å². The van der Waals surface area contributed by atoms with Crippen molar-refractivity contribution in [3.63, 3.8) is 0 Å². The van der Waals surface area contributed by atoms with Gasteiger partial charge >= 0.3 is 11.8 Å². The Balaban J connectivity index is 1.36. The van der Waals surface area contributed by atoms with Crippen LogP contribution in [0.5, 0.6) is 5.75 Å². The molecule has 1 aliphatic heterocycles. The van der Waals surface area contributed by atoms with Crippen molar-refractivity contribution in [3.8, 4) is 5.75 Å². The van der Waals surface area contributed by atoms with E-state index in [9.17, 15) is 14.7 Å². The maximum atomic E-state index is 11.9. The highest BCUT2D eigenvalue weighted by molar-refractivity contribution is 6.35. The predicted molar refractivity (Wildman–Crippen MR) is 88.4 cm³/mol. The first-order chi connectivity index (χ1) is 11.5. The third-order valence-electron chi connectivity index (χ3n) is 4.90. The van der Waals surface area contributed by atoms with Gasteiger partial charge in [0.05, 0.1) is 12.7 Å². The molecule has 1 saturated carbocycles. The maximum absolute atomic E-state index is 11.9. The van der Waals surface area contributed by atoms with Crippen molar-refractivity contribution in [1.82, 2.24) is 10.6 Å². The van der Waals surface area contributed by atoms with E-state index in [4.69, 9.17) is 4.74 Å². The molecule has 1 atom stereocenters. The lowest BCUT2D eigenvalue weighted by atomic mass is 9.64. The molecule has 2 aliphatic rings. The molecule has 2 fully saturated rings. The molecule has 0 bridgehead atoms. The highest BCUT2D eigenvalue weighted by Crippen LogP contribution is 2.49. The number of carbonyl (C=O) groups excluding carboxylic acids is 2. The van der Waals surface area contributed by atoms with Gasteiger partial charge in [-0.15, -0.1) is 0 Å². The van der Waals surface area contributed by atoms with Crippen LogP contribution in [0.25, 0.3) is 0 Å². The van der Waals surface area contributed by atoms with Crippen LogP contribution in [0.3, 0.4) is 0 Å². The van der Waals surface area contributed by atoms with E-state index in [1.165, 1.54) is 0 Å². The highest BCUT2D eigenvalue weighted by atomic mass is 16.5. The number of hydrogen-bond acceptors (Lipinski definition) is 4. The van der Waals surface area contributed by atoms with E-state index in [1.807, 2.05) is 6.07 Å². The van der Waals surface area contributed by atoms with Crippen LogP contribution in [0.1, 0.15) is 31.7 Å². The van der Waals surface area contributed by atoms with E-state index < -0.39 is 11.8 Å². The lowest BCUT2D eigenvalue weighted by Gasteiger charge is -2.44. The molecule has 1 aromatic carbocycles. The summed E-state index contributed by atoms with van der Waals surface area (Å²) in [4.78, 5) is 23.8. The van der Waals surface area contributed by atoms with E-state index in [0.29, 0.717) is 19.1 Å². The monoisotopic (exact) mass is 332 g/mol. The number of benzene rings is 1. The topological polar surface area (TPSA) is 87.7 Å². The summed E-state index contributed by atoms with van der Waals surface area (Å²) >= 11 is 0. The average Bonchev–Trinajstić information content (AvgIpc) is 2.89. The molecular weight excluding hydrogens is 308 g/mol.